The lowest BCUT2D eigenvalue weighted by molar-refractivity contribution is -0.183. The van der Waals surface area contributed by atoms with Crippen LogP contribution in [0.15, 0.2) is 211 Å². The Balaban J connectivity index is 0.000000155. The molecule has 0 aromatic heterocycles. The van der Waals surface area contributed by atoms with Crippen LogP contribution < -0.4 is 24.0 Å². The minimum atomic E-state index is -3.60. The second-order valence-corrected chi connectivity index (χ2v) is 26.7. The molecule has 10 nitrogen and oxygen atoms in total. The van der Waals surface area contributed by atoms with E-state index in [1.165, 1.54) is 67.9 Å². The monoisotopic (exact) mass is 1330 g/mol. The van der Waals surface area contributed by atoms with Gasteiger partial charge in [0.05, 0.1) is 21.8 Å². The fourth-order valence-electron chi connectivity index (χ4n) is 13.2. The molecule has 6 aromatic carbocycles. The van der Waals surface area contributed by atoms with Crippen LogP contribution >= 0.6 is 11.6 Å². The number of esters is 1. The molecule has 8 fully saturated rings. The molecule has 0 aliphatic heterocycles. The average molecular weight is 1330 g/mol. The van der Waals surface area contributed by atoms with Gasteiger partial charge in [0.25, 0.3) is 0 Å². The maximum absolute atomic E-state index is 12.6. The first-order valence-electron chi connectivity index (χ1n) is 28.0. The Morgan fingerprint density at radius 2 is 0.667 bits per heavy atom. The summed E-state index contributed by atoms with van der Waals surface area (Å²) in [5.74, 6) is -6.86. The molecule has 8 bridgehead atoms. The summed E-state index contributed by atoms with van der Waals surface area (Å²) in [6.07, 6.45) is 11.8. The van der Waals surface area contributed by atoms with E-state index in [1.807, 2.05) is 0 Å². The lowest BCUT2D eigenvalue weighted by atomic mass is 9.54. The third kappa shape index (κ3) is 18.9. The second-order valence-electron chi connectivity index (χ2n) is 22.4. The molecule has 0 radical (unpaired) electrons. The Bertz CT molecular complexity index is 2620. The van der Waals surface area contributed by atoms with Crippen LogP contribution in [-0.2, 0) is 55.1 Å². The number of halogens is 6. The fourth-order valence-corrected chi connectivity index (χ4v) is 17.5. The van der Waals surface area contributed by atoms with Crippen molar-refractivity contribution in [3.05, 3.63) is 182 Å². The molecular formula is C66H71ClF4IO10S2+. The highest BCUT2D eigenvalue weighted by Crippen LogP contribution is 2.58. The van der Waals surface area contributed by atoms with Crippen molar-refractivity contribution in [2.24, 2.45) is 35.5 Å². The van der Waals surface area contributed by atoms with Gasteiger partial charge >= 0.3 is 36.1 Å². The molecule has 0 spiro atoms. The van der Waals surface area contributed by atoms with Crippen molar-refractivity contribution >= 4 is 57.6 Å². The quantitative estimate of drug-likeness (QED) is 0.0226. The van der Waals surface area contributed by atoms with Crippen LogP contribution in [0.4, 0.5) is 27.2 Å². The van der Waals surface area contributed by atoms with Gasteiger partial charge in [-0.05, 0) is 185 Å². The fraction of sp³-hybridized carbons (Fsp3) is 0.394. The Morgan fingerprint density at radius 3 is 0.869 bits per heavy atom. The lowest BCUT2D eigenvalue weighted by Gasteiger charge is -2.55. The number of carboxylic acid groups (broad SMARTS) is 1. The molecule has 8 saturated carbocycles. The number of carbonyl (C=O) groups is 4. The van der Waals surface area contributed by atoms with Gasteiger partial charge in [-0.3, -0.25) is 0 Å². The number of carboxylic acids is 1. The van der Waals surface area contributed by atoms with Gasteiger partial charge in [0.2, 0.25) is 6.79 Å². The standard InChI is InChI=1S/2C18H15S.C15H20F2O5.C12H17ClO3.C3H4F2O2.HI/c2*1-4-10-16(11-5-1)19(17-12-6-2-7-13-17)18-14-8-3-9-15-18;1-14(16,17)12(18)20-8-21-13(19)22-15-5-9-2-10(6-15)4-11(3-9)7-15;13-7-15-11(14)16-12-4-8-1-9(5-12)3-10(2-8)6-12;1-3(4,5)2(6)7;/h2*1-15H;9-11H,2-8H2,1H3;8-10H,1-7H2;1H3,(H,6,7);1H/q2*+1;;;;/p-1. The zero-order valence-corrected chi connectivity index (χ0v) is 51.4. The summed E-state index contributed by atoms with van der Waals surface area (Å²) < 4.78 is 72.2. The molecule has 0 atom stereocenters. The topological polar surface area (TPSA) is 135 Å². The van der Waals surface area contributed by atoms with Crippen LogP contribution in [0.5, 0.6) is 0 Å². The van der Waals surface area contributed by atoms with E-state index in [2.05, 4.69) is 196 Å². The number of hydrogen-bond acceptors (Lipinski definition) is 9. The van der Waals surface area contributed by atoms with E-state index in [1.54, 1.807) is 0 Å². The van der Waals surface area contributed by atoms with Crippen LogP contribution in [0, 0.1) is 35.5 Å². The van der Waals surface area contributed by atoms with Gasteiger partial charge < -0.3 is 52.8 Å². The lowest BCUT2D eigenvalue weighted by Crippen LogP contribution is -3.00. The molecule has 448 valence electrons. The van der Waals surface area contributed by atoms with Crippen molar-refractivity contribution in [2.75, 3.05) is 12.9 Å². The molecule has 18 heteroatoms. The summed E-state index contributed by atoms with van der Waals surface area (Å²) >= 11 is 5.36. The van der Waals surface area contributed by atoms with Gasteiger partial charge in [0.1, 0.15) is 11.2 Å². The van der Waals surface area contributed by atoms with Gasteiger partial charge in [-0.1, -0.05) is 121 Å². The zero-order valence-electron chi connectivity index (χ0n) is 46.9. The van der Waals surface area contributed by atoms with E-state index in [0.717, 1.165) is 56.3 Å². The Morgan fingerprint density at radius 1 is 0.440 bits per heavy atom. The van der Waals surface area contributed by atoms with E-state index >= 15 is 0 Å². The van der Waals surface area contributed by atoms with Crippen molar-refractivity contribution in [2.45, 2.75) is 143 Å². The normalized spacial score (nSPS) is 23.6. The van der Waals surface area contributed by atoms with Gasteiger partial charge in [-0.25, -0.2) is 19.2 Å². The molecule has 1 N–H and O–H groups in total. The zero-order chi connectivity index (χ0) is 59.0. The number of hydrogen-bond donors (Lipinski definition) is 1. The van der Waals surface area contributed by atoms with Crippen molar-refractivity contribution in [3.63, 3.8) is 0 Å². The van der Waals surface area contributed by atoms with E-state index in [4.69, 9.17) is 26.2 Å². The van der Waals surface area contributed by atoms with E-state index in [0.29, 0.717) is 31.6 Å². The molecular weight excluding hydrogens is 1260 g/mol. The van der Waals surface area contributed by atoms with Crippen LogP contribution in [-0.4, -0.2) is 65.3 Å². The predicted octanol–water partition coefficient (Wildman–Crippen LogP) is 13.9. The van der Waals surface area contributed by atoms with E-state index in [-0.39, 0.29) is 57.4 Å². The minimum Gasteiger partial charge on any atom is -1.00 e. The number of alkyl halides is 5. The number of aliphatic carboxylic acids is 1. The molecule has 8 aliphatic rings. The van der Waals surface area contributed by atoms with Crippen LogP contribution in [0.25, 0.3) is 0 Å². The Labute approximate surface area is 517 Å². The number of benzene rings is 6. The maximum Gasteiger partial charge on any atom is 0.511 e. The van der Waals surface area contributed by atoms with Gasteiger partial charge in [0, 0.05) is 13.8 Å². The molecule has 84 heavy (non-hydrogen) atoms. The smallest absolute Gasteiger partial charge is 0.511 e. The minimum absolute atomic E-state index is 0. The number of rotatable bonds is 13. The highest BCUT2D eigenvalue weighted by molar-refractivity contribution is 7.97. The summed E-state index contributed by atoms with van der Waals surface area (Å²) in [5.41, 5.74) is -0.678. The van der Waals surface area contributed by atoms with Crippen LogP contribution in [0.3, 0.4) is 0 Å². The summed E-state index contributed by atoms with van der Waals surface area (Å²) in [6.45, 7) is -0.105. The largest absolute Gasteiger partial charge is 1.00 e. The first-order valence-corrected chi connectivity index (χ1v) is 31.0. The summed E-state index contributed by atoms with van der Waals surface area (Å²) in [6, 6.07) is 64.2. The average Bonchev–Trinajstić information content (AvgIpc) is 1.60. The molecule has 0 heterocycles. The summed E-state index contributed by atoms with van der Waals surface area (Å²) in [5, 5.41) is 7.50. The molecule has 0 saturated heterocycles. The summed E-state index contributed by atoms with van der Waals surface area (Å²) in [4.78, 5) is 51.4. The van der Waals surface area contributed by atoms with E-state index < -0.39 is 48.5 Å². The van der Waals surface area contributed by atoms with Crippen molar-refractivity contribution < 1.29 is 89.5 Å². The highest BCUT2D eigenvalue weighted by Gasteiger charge is 2.55. The highest BCUT2D eigenvalue weighted by atomic mass is 127. The third-order valence-corrected chi connectivity index (χ3v) is 20.3. The predicted molar refractivity (Wildman–Crippen MR) is 310 cm³/mol. The molecule has 8 aliphatic carbocycles. The first-order chi connectivity index (χ1) is 39.8. The van der Waals surface area contributed by atoms with E-state index in [9.17, 15) is 36.7 Å². The molecule has 0 unspecified atom stereocenters. The number of ether oxygens (including phenoxy) is 5. The third-order valence-electron chi connectivity index (χ3n) is 15.7. The summed E-state index contributed by atoms with van der Waals surface area (Å²) in [7, 11) is -0.0293. The first kappa shape index (κ1) is 65.8. The SMILES string of the molecule is CC(F)(F)C(=O)O.CC(F)(F)C(=O)OCOC(=O)OC12CC3CC(CC(C3)C1)C2.O=C(OCCl)OC12CC3CC(CC(C3)C1)C2.[I-].c1ccc([S+](c2ccccc2)c2ccccc2)cc1.c1ccc([S+](c2ccccc2)c2ccccc2)cc1. The van der Waals surface area contributed by atoms with Crippen molar-refractivity contribution in [1.29, 1.82) is 0 Å². The molecule has 6 aromatic rings. The van der Waals surface area contributed by atoms with Crippen molar-refractivity contribution in [3.8, 4) is 0 Å². The second kappa shape index (κ2) is 30.5. The van der Waals surface area contributed by atoms with Gasteiger partial charge in [-0.15, -0.1) is 0 Å². The van der Waals surface area contributed by atoms with Crippen LogP contribution in [0.2, 0.25) is 0 Å². The molecule has 0 amide bonds. The van der Waals surface area contributed by atoms with Crippen LogP contribution in [0.1, 0.15) is 90.9 Å². The molecule has 14 rings (SSSR count). The number of carbonyl (C=O) groups excluding carboxylic acids is 3. The van der Waals surface area contributed by atoms with Crippen molar-refractivity contribution in [1.82, 2.24) is 0 Å². The Kier molecular flexibility index (Phi) is 23.9. The Hall–Kier alpha value is -5.76. The maximum atomic E-state index is 12.6. The van der Waals surface area contributed by atoms with Gasteiger partial charge in [-0.2, -0.15) is 17.6 Å². The van der Waals surface area contributed by atoms with Gasteiger partial charge in [0.15, 0.2) is 35.4 Å².